The molecule has 19 heavy (non-hydrogen) atoms. The Balaban J connectivity index is 1.99. The summed E-state index contributed by atoms with van der Waals surface area (Å²) in [4.78, 5) is 11.8. The molecule has 5 nitrogen and oxygen atoms in total. The second kappa shape index (κ2) is 4.52. The quantitative estimate of drug-likeness (QED) is 0.819. The van der Waals surface area contributed by atoms with Crippen molar-refractivity contribution in [1.82, 2.24) is 0 Å². The van der Waals surface area contributed by atoms with Gasteiger partial charge in [-0.3, -0.25) is 4.79 Å². The van der Waals surface area contributed by atoms with Gasteiger partial charge in [0.25, 0.3) is 0 Å². The Hall–Kier alpha value is -1.56. The zero-order valence-corrected chi connectivity index (χ0v) is 11.1. The average molecular weight is 282 g/mol. The highest BCUT2D eigenvalue weighted by Crippen LogP contribution is 2.35. The van der Waals surface area contributed by atoms with Gasteiger partial charge in [0, 0.05) is 12.5 Å². The number of fused-ring (bicyclic) bond motifs is 1. The molecule has 1 aromatic carbocycles. The van der Waals surface area contributed by atoms with E-state index in [0.29, 0.717) is 44.0 Å². The van der Waals surface area contributed by atoms with Gasteiger partial charge in [-0.2, -0.15) is 0 Å². The van der Waals surface area contributed by atoms with Crippen molar-refractivity contribution in [2.75, 3.05) is 13.2 Å². The molecule has 1 aliphatic carbocycles. The summed E-state index contributed by atoms with van der Waals surface area (Å²) in [7, 11) is -3.61. The zero-order valence-electron chi connectivity index (χ0n) is 10.3. The average Bonchev–Trinajstić information content (AvgIpc) is 2.85. The Morgan fingerprint density at radius 1 is 1.11 bits per heavy atom. The molecule has 6 heteroatoms. The van der Waals surface area contributed by atoms with Gasteiger partial charge in [0.2, 0.25) is 0 Å². The molecule has 1 atom stereocenters. The van der Waals surface area contributed by atoms with Crippen LogP contribution in [0.2, 0.25) is 0 Å². The van der Waals surface area contributed by atoms with Crippen molar-refractivity contribution in [3.8, 4) is 11.5 Å². The molecule has 0 amide bonds. The first-order valence-corrected chi connectivity index (χ1v) is 7.80. The molecule has 1 heterocycles. The largest absolute Gasteiger partial charge is 0.486 e. The minimum absolute atomic E-state index is 0.136. The maximum atomic E-state index is 12.4. The van der Waals surface area contributed by atoms with Crippen LogP contribution in [0.3, 0.4) is 0 Å². The van der Waals surface area contributed by atoms with Crippen LogP contribution in [0.1, 0.15) is 19.3 Å². The molecule has 1 aromatic rings. The summed E-state index contributed by atoms with van der Waals surface area (Å²) < 4.78 is 35.6. The summed E-state index contributed by atoms with van der Waals surface area (Å²) in [5.41, 5.74) is 0. The molecule has 0 bridgehead atoms. The lowest BCUT2D eigenvalue weighted by Gasteiger charge is -2.19. The Morgan fingerprint density at radius 3 is 2.53 bits per heavy atom. The summed E-state index contributed by atoms with van der Waals surface area (Å²) in [6.07, 6.45) is 1.41. The van der Waals surface area contributed by atoms with Crippen LogP contribution >= 0.6 is 0 Å². The molecule has 2 aliphatic rings. The van der Waals surface area contributed by atoms with E-state index < -0.39 is 15.1 Å². The van der Waals surface area contributed by atoms with E-state index in [0.717, 1.165) is 0 Å². The number of Topliss-reactive ketones (excluding diaryl/α,β-unsaturated/α-hetero) is 1. The fourth-order valence-corrected chi connectivity index (χ4v) is 4.28. The third-order valence-electron chi connectivity index (χ3n) is 3.47. The van der Waals surface area contributed by atoms with Crippen molar-refractivity contribution in [2.24, 2.45) is 0 Å². The van der Waals surface area contributed by atoms with E-state index in [4.69, 9.17) is 9.47 Å². The van der Waals surface area contributed by atoms with Crippen LogP contribution in [-0.4, -0.2) is 32.7 Å². The summed E-state index contributed by atoms with van der Waals surface area (Å²) in [6, 6.07) is 4.52. The van der Waals surface area contributed by atoms with Gasteiger partial charge in [-0.1, -0.05) is 0 Å². The predicted octanol–water partition coefficient (Wildman–Crippen LogP) is 1.35. The zero-order chi connectivity index (χ0) is 13.5. The number of hydrogen-bond acceptors (Lipinski definition) is 5. The highest BCUT2D eigenvalue weighted by molar-refractivity contribution is 7.92. The lowest BCUT2D eigenvalue weighted by molar-refractivity contribution is -0.117. The third-order valence-corrected chi connectivity index (χ3v) is 5.62. The topological polar surface area (TPSA) is 69.7 Å². The van der Waals surface area contributed by atoms with Crippen molar-refractivity contribution < 1.29 is 22.7 Å². The van der Waals surface area contributed by atoms with Crippen molar-refractivity contribution in [1.29, 1.82) is 0 Å². The first kappa shape index (κ1) is 12.5. The van der Waals surface area contributed by atoms with Gasteiger partial charge in [0.15, 0.2) is 27.1 Å². The van der Waals surface area contributed by atoms with Gasteiger partial charge in [0.05, 0.1) is 4.90 Å². The van der Waals surface area contributed by atoms with E-state index in [1.165, 1.54) is 12.1 Å². The Morgan fingerprint density at radius 2 is 1.84 bits per heavy atom. The van der Waals surface area contributed by atoms with Crippen molar-refractivity contribution >= 4 is 15.6 Å². The third kappa shape index (κ3) is 2.10. The van der Waals surface area contributed by atoms with Gasteiger partial charge in [-0.15, -0.1) is 0 Å². The van der Waals surface area contributed by atoms with Crippen LogP contribution < -0.4 is 9.47 Å². The van der Waals surface area contributed by atoms with Crippen molar-refractivity contribution in [2.45, 2.75) is 29.4 Å². The highest BCUT2D eigenvalue weighted by Gasteiger charge is 2.37. The van der Waals surface area contributed by atoms with E-state index in [1.54, 1.807) is 6.07 Å². The molecule has 102 valence electrons. The predicted molar refractivity (Wildman–Crippen MR) is 67.3 cm³/mol. The maximum Gasteiger partial charge on any atom is 0.188 e. The van der Waals surface area contributed by atoms with Crippen LogP contribution in [0, 0.1) is 0 Å². The lowest BCUT2D eigenvalue weighted by atomic mass is 10.3. The molecule has 3 rings (SSSR count). The van der Waals surface area contributed by atoms with Gasteiger partial charge >= 0.3 is 0 Å². The van der Waals surface area contributed by atoms with Crippen molar-refractivity contribution in [3.63, 3.8) is 0 Å². The smallest absolute Gasteiger partial charge is 0.188 e. The fraction of sp³-hybridized carbons (Fsp3) is 0.462. The summed E-state index contributed by atoms with van der Waals surface area (Å²) in [5.74, 6) is 0.788. The van der Waals surface area contributed by atoms with Gasteiger partial charge < -0.3 is 9.47 Å². The first-order valence-electron chi connectivity index (χ1n) is 6.25. The Kier molecular flexibility index (Phi) is 2.97. The number of carbonyl (C=O) groups excluding carboxylic acids is 1. The van der Waals surface area contributed by atoms with E-state index >= 15 is 0 Å². The van der Waals surface area contributed by atoms with Crippen LogP contribution in [0.15, 0.2) is 23.1 Å². The van der Waals surface area contributed by atoms with Gasteiger partial charge in [-0.05, 0) is 25.0 Å². The lowest BCUT2D eigenvalue weighted by Crippen LogP contribution is -2.25. The number of sulfone groups is 1. The number of rotatable bonds is 2. The molecular formula is C13H14O5S. The van der Waals surface area contributed by atoms with E-state index in [-0.39, 0.29) is 10.7 Å². The normalized spacial score (nSPS) is 22.5. The van der Waals surface area contributed by atoms with Crippen LogP contribution in [-0.2, 0) is 14.6 Å². The molecule has 0 N–H and O–H groups in total. The van der Waals surface area contributed by atoms with Gasteiger partial charge in [-0.25, -0.2) is 8.42 Å². The Labute approximate surface area is 111 Å². The first-order chi connectivity index (χ1) is 9.09. The molecule has 0 radical (unpaired) electrons. The number of ether oxygens (including phenoxy) is 2. The van der Waals surface area contributed by atoms with Gasteiger partial charge in [0.1, 0.15) is 18.5 Å². The molecule has 0 saturated heterocycles. The number of ketones is 1. The second-order valence-corrected chi connectivity index (χ2v) is 6.83. The number of carbonyl (C=O) groups is 1. The molecule has 1 unspecified atom stereocenters. The van der Waals surface area contributed by atoms with Crippen LogP contribution in [0.25, 0.3) is 0 Å². The molecule has 1 fully saturated rings. The number of benzene rings is 1. The Bertz CT molecular complexity index is 620. The molecule has 1 saturated carbocycles. The molecular weight excluding hydrogens is 268 g/mol. The summed E-state index contributed by atoms with van der Waals surface area (Å²) in [6.45, 7) is 0.860. The number of hydrogen-bond donors (Lipinski definition) is 0. The highest BCUT2D eigenvalue weighted by atomic mass is 32.2. The standard InChI is InChI=1S/C13H14O5S/c14-10-2-1-3-13(10)19(15,16)9-4-5-11-12(8-9)18-7-6-17-11/h4-5,8,13H,1-3,6-7H2. The second-order valence-electron chi connectivity index (χ2n) is 4.70. The van der Waals surface area contributed by atoms with Crippen LogP contribution in [0.5, 0.6) is 11.5 Å². The monoisotopic (exact) mass is 282 g/mol. The van der Waals surface area contributed by atoms with Crippen molar-refractivity contribution in [3.05, 3.63) is 18.2 Å². The maximum absolute atomic E-state index is 12.4. The minimum Gasteiger partial charge on any atom is -0.486 e. The van der Waals surface area contributed by atoms with Crippen LogP contribution in [0.4, 0.5) is 0 Å². The van der Waals surface area contributed by atoms with E-state index in [9.17, 15) is 13.2 Å². The molecule has 0 aromatic heterocycles. The fourth-order valence-electron chi connectivity index (χ4n) is 2.48. The van der Waals surface area contributed by atoms with E-state index in [1.807, 2.05) is 0 Å². The summed E-state index contributed by atoms with van der Waals surface area (Å²) in [5, 5.41) is -0.893. The molecule has 1 aliphatic heterocycles. The molecule has 0 spiro atoms. The van der Waals surface area contributed by atoms with E-state index in [2.05, 4.69) is 0 Å². The minimum atomic E-state index is -3.61. The SMILES string of the molecule is O=C1CCCC1S(=O)(=O)c1ccc2c(c1)OCCO2. The summed E-state index contributed by atoms with van der Waals surface area (Å²) >= 11 is 0.